The van der Waals surface area contributed by atoms with Crippen LogP contribution in [0.1, 0.15) is 64.0 Å². The monoisotopic (exact) mass is 448 g/mol. The van der Waals surface area contributed by atoms with Crippen molar-refractivity contribution in [1.29, 1.82) is 0 Å². The molecule has 1 aromatic carbocycles. The summed E-state index contributed by atoms with van der Waals surface area (Å²) in [5, 5.41) is 13.4. The van der Waals surface area contributed by atoms with Crippen LogP contribution in [0.2, 0.25) is 0 Å². The van der Waals surface area contributed by atoms with Crippen LogP contribution in [0.4, 0.5) is 5.82 Å². The van der Waals surface area contributed by atoms with E-state index in [9.17, 15) is 0 Å². The number of ether oxygens (including phenoxy) is 1. The van der Waals surface area contributed by atoms with Crippen LogP contribution < -0.4 is 10.6 Å². The summed E-state index contributed by atoms with van der Waals surface area (Å²) >= 11 is 0. The standard InChI is InChI=1S/C26H36N6O/c1-17(2)26-22-14-18(4-9-23(22)31-32(26)3)24-15-25(28-16-27-24)30-20-7-5-19(6-8-20)29-21-10-12-33-13-11-21/h4,9,14-17,19-21,29H,5-8,10-13H2,1-3H3,(H,27,28,30). The van der Waals surface area contributed by atoms with Gasteiger partial charge in [0.1, 0.15) is 12.1 Å². The van der Waals surface area contributed by atoms with E-state index in [0.29, 0.717) is 24.0 Å². The molecule has 0 amide bonds. The van der Waals surface area contributed by atoms with Gasteiger partial charge in [-0.1, -0.05) is 19.9 Å². The number of anilines is 1. The molecule has 0 unspecified atom stereocenters. The topological polar surface area (TPSA) is 76.9 Å². The van der Waals surface area contributed by atoms with Crippen molar-refractivity contribution >= 4 is 16.7 Å². The van der Waals surface area contributed by atoms with Gasteiger partial charge in [0.25, 0.3) is 0 Å². The van der Waals surface area contributed by atoms with E-state index in [1.807, 2.05) is 11.7 Å². The van der Waals surface area contributed by atoms with Crippen molar-refractivity contribution in [2.75, 3.05) is 18.5 Å². The molecule has 1 saturated heterocycles. The van der Waals surface area contributed by atoms with Crippen LogP contribution in [0.25, 0.3) is 22.2 Å². The van der Waals surface area contributed by atoms with E-state index in [2.05, 4.69) is 63.8 Å². The average Bonchev–Trinajstić information content (AvgIpc) is 3.16. The highest BCUT2D eigenvalue weighted by Crippen LogP contribution is 2.30. The Morgan fingerprint density at radius 2 is 1.67 bits per heavy atom. The van der Waals surface area contributed by atoms with Crippen molar-refractivity contribution in [3.63, 3.8) is 0 Å². The zero-order chi connectivity index (χ0) is 22.8. The van der Waals surface area contributed by atoms with Gasteiger partial charge >= 0.3 is 0 Å². The Balaban J connectivity index is 1.24. The van der Waals surface area contributed by atoms with Crippen molar-refractivity contribution in [2.24, 2.45) is 7.05 Å². The Labute approximate surface area is 196 Å². The molecule has 33 heavy (non-hydrogen) atoms. The van der Waals surface area contributed by atoms with Gasteiger partial charge in [-0.3, -0.25) is 4.68 Å². The number of aromatic nitrogens is 4. The first kappa shape index (κ1) is 22.3. The number of hydrogen-bond donors (Lipinski definition) is 2. The summed E-state index contributed by atoms with van der Waals surface area (Å²) in [6, 6.07) is 10.2. The number of benzene rings is 1. The van der Waals surface area contributed by atoms with Crippen LogP contribution in [-0.4, -0.2) is 51.1 Å². The van der Waals surface area contributed by atoms with E-state index in [0.717, 1.165) is 48.6 Å². The van der Waals surface area contributed by atoms with Crippen LogP contribution in [-0.2, 0) is 11.8 Å². The molecule has 2 aliphatic rings. The van der Waals surface area contributed by atoms with Gasteiger partial charge in [0.05, 0.1) is 11.2 Å². The second-order valence-corrected chi connectivity index (χ2v) is 9.93. The number of nitrogens with one attached hydrogen (secondary N) is 2. The highest BCUT2D eigenvalue weighted by Gasteiger charge is 2.24. The fraction of sp³-hybridized carbons (Fsp3) is 0.577. The summed E-state index contributed by atoms with van der Waals surface area (Å²) in [7, 11) is 2.02. The summed E-state index contributed by atoms with van der Waals surface area (Å²) in [6.45, 7) is 6.22. The van der Waals surface area contributed by atoms with Crippen LogP contribution >= 0.6 is 0 Å². The van der Waals surface area contributed by atoms with Gasteiger partial charge in [-0.15, -0.1) is 0 Å². The molecule has 0 atom stereocenters. The van der Waals surface area contributed by atoms with Gasteiger partial charge < -0.3 is 15.4 Å². The predicted molar refractivity (Wildman–Crippen MR) is 132 cm³/mol. The zero-order valence-electron chi connectivity index (χ0n) is 20.1. The Kier molecular flexibility index (Phi) is 6.60. The van der Waals surface area contributed by atoms with Gasteiger partial charge in [-0.2, -0.15) is 5.10 Å². The average molecular weight is 449 g/mol. The first-order valence-electron chi connectivity index (χ1n) is 12.5. The number of nitrogens with zero attached hydrogens (tertiary/aromatic N) is 4. The summed E-state index contributed by atoms with van der Waals surface area (Å²) in [5.41, 5.74) is 4.34. The number of rotatable bonds is 6. The first-order chi connectivity index (χ1) is 16.1. The minimum Gasteiger partial charge on any atom is -0.381 e. The lowest BCUT2D eigenvalue weighted by Crippen LogP contribution is -2.44. The maximum absolute atomic E-state index is 5.49. The summed E-state index contributed by atoms with van der Waals surface area (Å²) in [6.07, 6.45) is 8.72. The van der Waals surface area contributed by atoms with E-state index in [1.165, 1.54) is 36.8 Å². The number of hydrogen-bond acceptors (Lipinski definition) is 6. The Bertz CT molecular complexity index is 1080. The van der Waals surface area contributed by atoms with E-state index in [4.69, 9.17) is 4.74 Å². The fourth-order valence-corrected chi connectivity index (χ4v) is 5.47. The second-order valence-electron chi connectivity index (χ2n) is 9.93. The van der Waals surface area contributed by atoms with Crippen molar-refractivity contribution < 1.29 is 4.74 Å². The van der Waals surface area contributed by atoms with Gasteiger partial charge in [0.15, 0.2) is 0 Å². The molecule has 0 bridgehead atoms. The van der Waals surface area contributed by atoms with Crippen molar-refractivity contribution in [1.82, 2.24) is 25.1 Å². The third kappa shape index (κ3) is 5.04. The summed E-state index contributed by atoms with van der Waals surface area (Å²) in [4.78, 5) is 9.09. The molecule has 2 N–H and O–H groups in total. The molecule has 3 heterocycles. The van der Waals surface area contributed by atoms with Gasteiger partial charge in [-0.05, 0) is 56.6 Å². The van der Waals surface area contributed by atoms with Crippen LogP contribution in [0, 0.1) is 0 Å². The second kappa shape index (κ2) is 9.77. The normalized spacial score (nSPS) is 22.2. The predicted octanol–water partition coefficient (Wildman–Crippen LogP) is 4.65. The van der Waals surface area contributed by atoms with Gasteiger partial charge in [0.2, 0.25) is 0 Å². The molecule has 0 spiro atoms. The van der Waals surface area contributed by atoms with Crippen molar-refractivity contribution in [3.05, 3.63) is 36.3 Å². The quantitative estimate of drug-likeness (QED) is 0.572. The SMILES string of the molecule is CC(C)c1c2cc(-c3cc(NC4CCC(NC5CCOCC5)CC4)ncn3)ccc2nn1C. The molecule has 2 aromatic heterocycles. The fourth-order valence-electron chi connectivity index (χ4n) is 5.47. The zero-order valence-corrected chi connectivity index (χ0v) is 20.1. The third-order valence-electron chi connectivity index (χ3n) is 7.16. The maximum Gasteiger partial charge on any atom is 0.130 e. The molecule has 0 radical (unpaired) electrons. The number of fused-ring (bicyclic) bond motifs is 1. The molecule has 2 fully saturated rings. The summed E-state index contributed by atoms with van der Waals surface area (Å²) in [5.74, 6) is 1.32. The molecule has 3 aromatic rings. The van der Waals surface area contributed by atoms with Gasteiger partial charge in [0, 0.05) is 61.1 Å². The largest absolute Gasteiger partial charge is 0.381 e. The molecule has 7 heteroatoms. The van der Waals surface area contributed by atoms with Crippen molar-refractivity contribution in [3.8, 4) is 11.3 Å². The lowest BCUT2D eigenvalue weighted by atomic mass is 9.90. The third-order valence-corrected chi connectivity index (χ3v) is 7.16. The smallest absolute Gasteiger partial charge is 0.130 e. The summed E-state index contributed by atoms with van der Waals surface area (Å²) < 4.78 is 7.49. The highest BCUT2D eigenvalue weighted by atomic mass is 16.5. The van der Waals surface area contributed by atoms with Crippen molar-refractivity contribution in [2.45, 2.75) is 76.4 Å². The highest BCUT2D eigenvalue weighted by molar-refractivity contribution is 5.86. The Hall–Kier alpha value is -2.51. The minimum atomic E-state index is 0.411. The van der Waals surface area contributed by atoms with E-state index in [-0.39, 0.29) is 0 Å². The molecular formula is C26H36N6O. The lowest BCUT2D eigenvalue weighted by molar-refractivity contribution is 0.0730. The number of aryl methyl sites for hydroxylation is 1. The minimum absolute atomic E-state index is 0.411. The molecular weight excluding hydrogens is 412 g/mol. The Morgan fingerprint density at radius 1 is 0.939 bits per heavy atom. The maximum atomic E-state index is 5.49. The first-order valence-corrected chi connectivity index (χ1v) is 12.5. The van der Waals surface area contributed by atoms with E-state index >= 15 is 0 Å². The molecule has 1 saturated carbocycles. The Morgan fingerprint density at radius 3 is 2.42 bits per heavy atom. The van der Waals surface area contributed by atoms with E-state index in [1.54, 1.807) is 6.33 Å². The molecule has 5 rings (SSSR count). The van der Waals surface area contributed by atoms with Crippen LogP contribution in [0.3, 0.4) is 0 Å². The molecule has 7 nitrogen and oxygen atoms in total. The molecule has 1 aliphatic heterocycles. The van der Waals surface area contributed by atoms with Crippen LogP contribution in [0.5, 0.6) is 0 Å². The molecule has 1 aliphatic carbocycles. The van der Waals surface area contributed by atoms with Crippen LogP contribution in [0.15, 0.2) is 30.6 Å². The van der Waals surface area contributed by atoms with Gasteiger partial charge in [-0.25, -0.2) is 9.97 Å². The lowest BCUT2D eigenvalue weighted by Gasteiger charge is -2.34. The van der Waals surface area contributed by atoms with E-state index < -0.39 is 0 Å². The molecule has 176 valence electrons.